The minimum Gasteiger partial charge on any atom is -0.487 e. The van der Waals surface area contributed by atoms with Gasteiger partial charge < -0.3 is 10.1 Å². The fourth-order valence-corrected chi connectivity index (χ4v) is 3.37. The standard InChI is InChI=1S/C22H17F3N2O2/c23-15-8-14-9-16(29-22(14)17(11-15)19-6-1-2-7-26-19)12-27-20(28)10-13-4-3-5-18(24)21(13)25/h1-8,11,16H,9-10,12H2,(H,27,28)/t16-/m0/s1. The molecule has 1 aliphatic rings. The highest BCUT2D eigenvalue weighted by Crippen LogP contribution is 2.38. The lowest BCUT2D eigenvalue weighted by molar-refractivity contribution is -0.120. The summed E-state index contributed by atoms with van der Waals surface area (Å²) in [5.41, 5.74) is 1.82. The van der Waals surface area contributed by atoms with Crippen LogP contribution in [0.1, 0.15) is 11.1 Å². The zero-order valence-electron chi connectivity index (χ0n) is 15.3. The van der Waals surface area contributed by atoms with Gasteiger partial charge in [-0.2, -0.15) is 0 Å². The Morgan fingerprint density at radius 2 is 2.00 bits per heavy atom. The third-order valence-electron chi connectivity index (χ3n) is 4.71. The van der Waals surface area contributed by atoms with Gasteiger partial charge in [-0.25, -0.2) is 13.2 Å². The number of nitrogens with one attached hydrogen (secondary N) is 1. The van der Waals surface area contributed by atoms with Gasteiger partial charge in [0.05, 0.1) is 18.7 Å². The molecule has 1 amide bonds. The average Bonchev–Trinajstić information content (AvgIpc) is 3.12. The van der Waals surface area contributed by atoms with E-state index in [2.05, 4.69) is 10.3 Å². The molecule has 7 heteroatoms. The smallest absolute Gasteiger partial charge is 0.224 e. The molecule has 0 saturated heterocycles. The van der Waals surface area contributed by atoms with Crippen molar-refractivity contribution in [3.63, 3.8) is 0 Å². The van der Waals surface area contributed by atoms with E-state index in [1.807, 2.05) is 0 Å². The molecule has 0 aliphatic carbocycles. The highest BCUT2D eigenvalue weighted by Gasteiger charge is 2.27. The summed E-state index contributed by atoms with van der Waals surface area (Å²) < 4.78 is 46.9. The molecule has 4 nitrogen and oxygen atoms in total. The molecule has 0 unspecified atom stereocenters. The van der Waals surface area contributed by atoms with Crippen LogP contribution in [0.2, 0.25) is 0 Å². The molecule has 2 heterocycles. The first-order valence-corrected chi connectivity index (χ1v) is 9.11. The van der Waals surface area contributed by atoms with Crippen molar-refractivity contribution in [1.29, 1.82) is 0 Å². The van der Waals surface area contributed by atoms with Crippen LogP contribution in [0.5, 0.6) is 5.75 Å². The van der Waals surface area contributed by atoms with E-state index in [1.165, 1.54) is 24.3 Å². The Morgan fingerprint density at radius 1 is 1.14 bits per heavy atom. The summed E-state index contributed by atoms with van der Waals surface area (Å²) in [6.07, 6.45) is 1.36. The van der Waals surface area contributed by atoms with E-state index in [1.54, 1.807) is 24.4 Å². The van der Waals surface area contributed by atoms with Gasteiger partial charge in [0.2, 0.25) is 5.91 Å². The van der Waals surface area contributed by atoms with Crippen molar-refractivity contribution in [3.05, 3.63) is 83.3 Å². The number of carbonyl (C=O) groups excluding carboxylic acids is 1. The second kappa shape index (κ2) is 7.95. The van der Waals surface area contributed by atoms with Crippen molar-refractivity contribution in [1.82, 2.24) is 10.3 Å². The van der Waals surface area contributed by atoms with E-state index in [9.17, 15) is 18.0 Å². The maximum atomic E-state index is 14.0. The topological polar surface area (TPSA) is 51.2 Å². The molecule has 29 heavy (non-hydrogen) atoms. The molecular formula is C22H17F3N2O2. The largest absolute Gasteiger partial charge is 0.487 e. The Bertz CT molecular complexity index is 1060. The Morgan fingerprint density at radius 3 is 2.79 bits per heavy atom. The average molecular weight is 398 g/mol. The molecule has 0 spiro atoms. The zero-order chi connectivity index (χ0) is 20.4. The Labute approximate surface area is 165 Å². The maximum Gasteiger partial charge on any atom is 0.224 e. The van der Waals surface area contributed by atoms with Crippen LogP contribution in [0.15, 0.2) is 54.7 Å². The van der Waals surface area contributed by atoms with Crippen molar-refractivity contribution in [2.45, 2.75) is 18.9 Å². The van der Waals surface area contributed by atoms with Crippen LogP contribution >= 0.6 is 0 Å². The van der Waals surface area contributed by atoms with Gasteiger partial charge in [-0.05, 0) is 30.3 Å². The van der Waals surface area contributed by atoms with E-state index >= 15 is 0 Å². The second-order valence-electron chi connectivity index (χ2n) is 6.79. The summed E-state index contributed by atoms with van der Waals surface area (Å²) >= 11 is 0. The molecule has 148 valence electrons. The van der Waals surface area contributed by atoms with Gasteiger partial charge in [0.25, 0.3) is 0 Å². The minimum absolute atomic E-state index is 0.0161. The number of rotatable bonds is 5. The highest BCUT2D eigenvalue weighted by atomic mass is 19.2. The van der Waals surface area contributed by atoms with Crippen molar-refractivity contribution in [2.75, 3.05) is 6.54 Å². The predicted molar refractivity (Wildman–Crippen MR) is 101 cm³/mol. The number of nitrogens with zero attached hydrogens (tertiary/aromatic N) is 1. The number of hydrogen-bond donors (Lipinski definition) is 1. The SMILES string of the molecule is O=C(Cc1cccc(F)c1F)NC[C@@H]1Cc2cc(F)cc(-c3ccccn3)c2O1. The number of halogens is 3. The summed E-state index contributed by atoms with van der Waals surface area (Å²) in [6, 6.07) is 11.8. The van der Waals surface area contributed by atoms with Crippen LogP contribution in [0.3, 0.4) is 0 Å². The summed E-state index contributed by atoms with van der Waals surface area (Å²) in [7, 11) is 0. The normalized spacial score (nSPS) is 14.9. The third kappa shape index (κ3) is 4.08. The van der Waals surface area contributed by atoms with E-state index in [0.29, 0.717) is 29.0 Å². The number of ether oxygens (including phenoxy) is 1. The lowest BCUT2D eigenvalue weighted by Gasteiger charge is -2.13. The molecule has 0 bridgehead atoms. The fraction of sp³-hybridized carbons (Fsp3) is 0.182. The first kappa shape index (κ1) is 19.0. The zero-order valence-corrected chi connectivity index (χ0v) is 15.3. The van der Waals surface area contributed by atoms with Gasteiger partial charge in [-0.3, -0.25) is 9.78 Å². The van der Waals surface area contributed by atoms with Crippen LogP contribution in [0, 0.1) is 17.5 Å². The van der Waals surface area contributed by atoms with Gasteiger partial charge in [-0.1, -0.05) is 18.2 Å². The van der Waals surface area contributed by atoms with Crippen LogP contribution in [0.4, 0.5) is 13.2 Å². The third-order valence-corrected chi connectivity index (χ3v) is 4.71. The second-order valence-corrected chi connectivity index (χ2v) is 6.79. The van der Waals surface area contributed by atoms with Gasteiger partial charge in [0.1, 0.15) is 17.7 Å². The Balaban J connectivity index is 1.42. The van der Waals surface area contributed by atoms with Gasteiger partial charge in [-0.15, -0.1) is 0 Å². The number of fused-ring (bicyclic) bond motifs is 1. The van der Waals surface area contributed by atoms with E-state index in [0.717, 1.165) is 6.07 Å². The van der Waals surface area contributed by atoms with Crippen molar-refractivity contribution in [3.8, 4) is 17.0 Å². The molecule has 1 aromatic heterocycles. The molecule has 1 N–H and O–H groups in total. The van der Waals surface area contributed by atoms with Crippen molar-refractivity contribution < 1.29 is 22.7 Å². The maximum absolute atomic E-state index is 14.0. The number of carbonyl (C=O) groups is 1. The molecular weight excluding hydrogens is 381 g/mol. The molecule has 1 aliphatic heterocycles. The van der Waals surface area contributed by atoms with E-state index in [-0.39, 0.29) is 24.3 Å². The Hall–Kier alpha value is -3.35. The lowest BCUT2D eigenvalue weighted by atomic mass is 10.0. The fourth-order valence-electron chi connectivity index (χ4n) is 3.37. The summed E-state index contributed by atoms with van der Waals surface area (Å²) in [4.78, 5) is 16.4. The van der Waals surface area contributed by atoms with Crippen molar-refractivity contribution >= 4 is 5.91 Å². The lowest BCUT2D eigenvalue weighted by Crippen LogP contribution is -2.35. The van der Waals surface area contributed by atoms with Crippen LogP contribution in [0.25, 0.3) is 11.3 Å². The monoisotopic (exact) mass is 398 g/mol. The van der Waals surface area contributed by atoms with Gasteiger partial charge >= 0.3 is 0 Å². The van der Waals surface area contributed by atoms with Crippen LogP contribution in [-0.4, -0.2) is 23.5 Å². The molecule has 0 radical (unpaired) electrons. The first-order valence-electron chi connectivity index (χ1n) is 9.11. The van der Waals surface area contributed by atoms with Gasteiger partial charge in [0, 0.05) is 29.3 Å². The van der Waals surface area contributed by atoms with Crippen LogP contribution < -0.4 is 10.1 Å². The molecule has 2 aromatic carbocycles. The number of benzene rings is 2. The highest BCUT2D eigenvalue weighted by molar-refractivity contribution is 5.78. The first-order chi connectivity index (χ1) is 14.0. The number of hydrogen-bond acceptors (Lipinski definition) is 3. The van der Waals surface area contributed by atoms with E-state index < -0.39 is 23.6 Å². The number of aromatic nitrogens is 1. The Kier molecular flexibility index (Phi) is 5.20. The quantitative estimate of drug-likeness (QED) is 0.711. The molecule has 1 atom stereocenters. The summed E-state index contributed by atoms with van der Waals surface area (Å²) in [5.74, 6) is -2.32. The van der Waals surface area contributed by atoms with Crippen molar-refractivity contribution in [2.24, 2.45) is 0 Å². The molecule has 0 fully saturated rings. The molecule has 0 saturated carbocycles. The summed E-state index contributed by atoms with van der Waals surface area (Å²) in [6.45, 7) is 0.160. The predicted octanol–water partition coefficient (Wildman–Crippen LogP) is 3.83. The summed E-state index contributed by atoms with van der Waals surface area (Å²) in [5, 5.41) is 2.67. The molecule has 4 rings (SSSR count). The van der Waals surface area contributed by atoms with Crippen LogP contribution in [-0.2, 0) is 17.6 Å². The van der Waals surface area contributed by atoms with Gasteiger partial charge in [0.15, 0.2) is 11.6 Å². The molecule has 3 aromatic rings. The van der Waals surface area contributed by atoms with E-state index in [4.69, 9.17) is 4.74 Å². The minimum atomic E-state index is -1.03. The number of amides is 1. The number of pyridine rings is 1.